The van der Waals surface area contributed by atoms with Crippen molar-refractivity contribution in [3.05, 3.63) is 76.7 Å². The summed E-state index contributed by atoms with van der Waals surface area (Å²) < 4.78 is 25.3. The second-order valence-corrected chi connectivity index (χ2v) is 11.1. The highest BCUT2D eigenvalue weighted by molar-refractivity contribution is 7.94. The molecule has 0 radical (unpaired) electrons. The van der Waals surface area contributed by atoms with E-state index < -0.39 is 27.7 Å². The van der Waals surface area contributed by atoms with Crippen LogP contribution in [0.3, 0.4) is 0 Å². The van der Waals surface area contributed by atoms with E-state index in [-0.39, 0.29) is 16.6 Å². The summed E-state index contributed by atoms with van der Waals surface area (Å²) in [6.07, 6.45) is 7.06. The predicted molar refractivity (Wildman–Crippen MR) is 135 cm³/mol. The molecule has 1 aliphatic carbocycles. The minimum Gasteiger partial charge on any atom is -0.350 e. The Morgan fingerprint density at radius 2 is 1.68 bits per heavy atom. The number of sulfone groups is 1. The van der Waals surface area contributed by atoms with Crippen molar-refractivity contribution in [3.63, 3.8) is 0 Å². The van der Waals surface area contributed by atoms with Crippen LogP contribution in [0.5, 0.6) is 0 Å². The summed E-state index contributed by atoms with van der Waals surface area (Å²) in [7, 11) is -3.60. The van der Waals surface area contributed by atoms with Crippen LogP contribution >= 0.6 is 11.6 Å². The number of rotatable bonds is 10. The van der Waals surface area contributed by atoms with Crippen LogP contribution in [0.2, 0.25) is 5.02 Å². The SMILES string of the molecule is CCCC[C@@H](/C=C/S(=O)(=O)c1ccccc1)NC(=O)[C@@H]1CCCC[C@H]1C(=O)c1ccc(Cl)cc1. The molecule has 182 valence electrons. The van der Waals surface area contributed by atoms with Gasteiger partial charge in [0.1, 0.15) is 0 Å². The molecule has 1 aliphatic rings. The second-order valence-electron chi connectivity index (χ2n) is 8.81. The van der Waals surface area contributed by atoms with E-state index in [1.165, 1.54) is 5.41 Å². The normalized spacial score (nSPS) is 19.6. The first-order valence-electron chi connectivity index (χ1n) is 11.9. The van der Waals surface area contributed by atoms with E-state index in [9.17, 15) is 18.0 Å². The van der Waals surface area contributed by atoms with Crippen LogP contribution in [0.4, 0.5) is 0 Å². The maximum atomic E-state index is 13.3. The molecular formula is C27H32ClNO4S. The average Bonchev–Trinajstić information content (AvgIpc) is 2.86. The Labute approximate surface area is 207 Å². The van der Waals surface area contributed by atoms with Crippen molar-refractivity contribution in [3.8, 4) is 0 Å². The standard InChI is InChI=1S/C27H32ClNO4S/c1-2-3-9-22(18-19-34(32,33)23-10-5-4-6-11-23)29-27(31)25-13-8-7-12-24(25)26(30)20-14-16-21(28)17-15-20/h4-6,10-11,14-19,22,24-25H,2-3,7-9,12-13H2,1H3,(H,29,31)/b19-18+/t22-,24+,25+/m0/s1. The monoisotopic (exact) mass is 501 g/mol. The first kappa shape index (κ1) is 26.2. The zero-order valence-electron chi connectivity index (χ0n) is 19.5. The summed E-state index contributed by atoms with van der Waals surface area (Å²) in [5.74, 6) is -1.04. The quantitative estimate of drug-likeness (QED) is 0.405. The van der Waals surface area contributed by atoms with E-state index in [0.717, 1.165) is 25.7 Å². The van der Waals surface area contributed by atoms with Gasteiger partial charge in [-0.15, -0.1) is 0 Å². The van der Waals surface area contributed by atoms with Crippen molar-refractivity contribution < 1.29 is 18.0 Å². The number of halogens is 1. The Hall–Kier alpha value is -2.44. The van der Waals surface area contributed by atoms with Crippen LogP contribution in [0.1, 0.15) is 62.2 Å². The van der Waals surface area contributed by atoms with Crippen LogP contribution in [0, 0.1) is 11.8 Å². The van der Waals surface area contributed by atoms with E-state index in [0.29, 0.717) is 29.8 Å². The van der Waals surface area contributed by atoms with E-state index in [1.807, 2.05) is 6.92 Å². The number of benzene rings is 2. The molecule has 1 fully saturated rings. The van der Waals surface area contributed by atoms with Gasteiger partial charge in [-0.1, -0.05) is 68.5 Å². The smallest absolute Gasteiger partial charge is 0.224 e. The Morgan fingerprint density at radius 1 is 1.03 bits per heavy atom. The van der Waals surface area contributed by atoms with Gasteiger partial charge >= 0.3 is 0 Å². The largest absolute Gasteiger partial charge is 0.350 e. The molecule has 0 aromatic heterocycles. The molecule has 0 aliphatic heterocycles. The fourth-order valence-corrected chi connectivity index (χ4v) is 5.62. The lowest BCUT2D eigenvalue weighted by atomic mass is 9.75. The zero-order valence-corrected chi connectivity index (χ0v) is 21.0. The summed E-state index contributed by atoms with van der Waals surface area (Å²) in [5, 5.41) is 4.77. The number of ketones is 1. The summed E-state index contributed by atoms with van der Waals surface area (Å²) in [6, 6.07) is 14.6. The van der Waals surface area contributed by atoms with Crippen LogP contribution in [-0.2, 0) is 14.6 Å². The highest BCUT2D eigenvalue weighted by Gasteiger charge is 2.36. The first-order chi connectivity index (χ1) is 16.3. The van der Waals surface area contributed by atoms with E-state index in [2.05, 4.69) is 5.32 Å². The van der Waals surface area contributed by atoms with E-state index in [1.54, 1.807) is 60.7 Å². The number of unbranched alkanes of at least 4 members (excludes halogenated alkanes) is 1. The summed E-state index contributed by atoms with van der Waals surface area (Å²) in [5.41, 5.74) is 0.561. The van der Waals surface area contributed by atoms with Gasteiger partial charge in [0.2, 0.25) is 5.91 Å². The third kappa shape index (κ3) is 7.03. The van der Waals surface area contributed by atoms with Crippen LogP contribution < -0.4 is 5.32 Å². The molecule has 0 saturated heterocycles. The maximum Gasteiger partial charge on any atom is 0.224 e. The highest BCUT2D eigenvalue weighted by Crippen LogP contribution is 2.33. The molecule has 0 heterocycles. The fourth-order valence-electron chi connectivity index (χ4n) is 4.40. The Balaban J connectivity index is 1.75. The zero-order chi connectivity index (χ0) is 24.6. The summed E-state index contributed by atoms with van der Waals surface area (Å²) >= 11 is 5.96. The molecule has 1 saturated carbocycles. The molecule has 34 heavy (non-hydrogen) atoms. The molecule has 5 nitrogen and oxygen atoms in total. The van der Waals surface area contributed by atoms with Crippen molar-refractivity contribution in [1.29, 1.82) is 0 Å². The van der Waals surface area contributed by atoms with Crippen molar-refractivity contribution >= 4 is 33.1 Å². The second kappa shape index (κ2) is 12.3. The number of carbonyl (C=O) groups excluding carboxylic acids is 2. The van der Waals surface area contributed by atoms with E-state index >= 15 is 0 Å². The molecule has 1 N–H and O–H groups in total. The van der Waals surface area contributed by atoms with Gasteiger partial charge in [0.05, 0.1) is 4.90 Å². The molecule has 7 heteroatoms. The highest BCUT2D eigenvalue weighted by atomic mass is 35.5. The average molecular weight is 502 g/mol. The Kier molecular flexibility index (Phi) is 9.48. The van der Waals surface area contributed by atoms with Crippen LogP contribution in [-0.4, -0.2) is 26.2 Å². The lowest BCUT2D eigenvalue weighted by Gasteiger charge is -2.30. The molecular weight excluding hydrogens is 470 g/mol. The van der Waals surface area contributed by atoms with Gasteiger partial charge in [-0.05, 0) is 55.7 Å². The van der Waals surface area contributed by atoms with Gasteiger partial charge < -0.3 is 5.32 Å². The summed E-state index contributed by atoms with van der Waals surface area (Å²) in [4.78, 5) is 26.7. The van der Waals surface area contributed by atoms with Gasteiger partial charge in [0.15, 0.2) is 15.6 Å². The minimum atomic E-state index is -3.60. The van der Waals surface area contributed by atoms with Crippen LogP contribution in [0.15, 0.2) is 71.0 Å². The molecule has 0 bridgehead atoms. The summed E-state index contributed by atoms with van der Waals surface area (Å²) in [6.45, 7) is 2.05. The lowest BCUT2D eigenvalue weighted by molar-refractivity contribution is -0.127. The Bertz CT molecular complexity index is 1100. The Morgan fingerprint density at radius 3 is 2.32 bits per heavy atom. The lowest BCUT2D eigenvalue weighted by Crippen LogP contribution is -2.43. The van der Waals surface area contributed by atoms with E-state index in [4.69, 9.17) is 11.6 Å². The molecule has 0 spiro atoms. The topological polar surface area (TPSA) is 80.3 Å². The van der Waals surface area contributed by atoms with Crippen molar-refractivity contribution in [2.45, 2.75) is 62.8 Å². The number of hydrogen-bond acceptors (Lipinski definition) is 4. The third-order valence-electron chi connectivity index (χ3n) is 6.33. The van der Waals surface area contributed by atoms with Crippen molar-refractivity contribution in [1.82, 2.24) is 5.32 Å². The first-order valence-corrected chi connectivity index (χ1v) is 13.8. The van der Waals surface area contributed by atoms with Gasteiger partial charge in [-0.3, -0.25) is 9.59 Å². The predicted octanol–water partition coefficient (Wildman–Crippen LogP) is 5.99. The molecule has 2 aromatic carbocycles. The van der Waals surface area contributed by atoms with Crippen molar-refractivity contribution in [2.24, 2.45) is 11.8 Å². The molecule has 2 aromatic rings. The van der Waals surface area contributed by atoms with Crippen LogP contribution in [0.25, 0.3) is 0 Å². The van der Waals surface area contributed by atoms with Gasteiger partial charge in [-0.2, -0.15) is 0 Å². The number of hydrogen-bond donors (Lipinski definition) is 1. The number of Topliss-reactive ketones (excluding diaryl/α,β-unsaturated/α-hetero) is 1. The third-order valence-corrected chi connectivity index (χ3v) is 8.02. The van der Waals surface area contributed by atoms with Crippen molar-refractivity contribution in [2.75, 3.05) is 0 Å². The molecule has 0 unspecified atom stereocenters. The molecule has 3 atom stereocenters. The molecule has 1 amide bonds. The van der Waals surface area contributed by atoms with Gasteiger partial charge in [0, 0.05) is 33.9 Å². The number of amides is 1. The minimum absolute atomic E-state index is 0.0381. The number of carbonyl (C=O) groups is 2. The fraction of sp³-hybridized carbons (Fsp3) is 0.407. The van der Waals surface area contributed by atoms with Gasteiger partial charge in [0.25, 0.3) is 0 Å². The maximum absolute atomic E-state index is 13.3. The van der Waals surface area contributed by atoms with Gasteiger partial charge in [-0.25, -0.2) is 8.42 Å². The number of nitrogens with one attached hydrogen (secondary N) is 1. The molecule has 3 rings (SSSR count).